The summed E-state index contributed by atoms with van der Waals surface area (Å²) >= 11 is 1.86. The second-order valence-corrected chi connectivity index (χ2v) is 16.2. The first-order valence-electron chi connectivity index (χ1n) is 20.3. The van der Waals surface area contributed by atoms with Crippen LogP contribution in [0.4, 0.5) is 0 Å². The zero-order valence-electron chi connectivity index (χ0n) is 32.7. The Kier molecular flexibility index (Phi) is 8.49. The lowest BCUT2D eigenvalue weighted by Crippen LogP contribution is -2.07. The van der Waals surface area contributed by atoms with Gasteiger partial charge in [0.1, 0.15) is 0 Å². The average molecular weight is 775 g/mol. The summed E-state index contributed by atoms with van der Waals surface area (Å²) in [5, 5.41) is 12.1. The molecule has 0 aliphatic carbocycles. The first-order chi connectivity index (χ1) is 29.1. The molecule has 5 heteroatoms. The van der Waals surface area contributed by atoms with E-state index < -0.39 is 0 Å². The van der Waals surface area contributed by atoms with E-state index >= 15 is 0 Å². The number of hydrogen-bond acceptors (Lipinski definition) is 4. The van der Waals surface area contributed by atoms with Crippen LogP contribution in [-0.2, 0) is 0 Å². The molecule has 3 aromatic heterocycles. The zero-order valence-corrected chi connectivity index (χ0v) is 33.5. The Morgan fingerprint density at radius 2 is 0.966 bits per heavy atom. The Bertz CT molecular complexity index is 3480. The number of para-hydroxylation sites is 2. The van der Waals surface area contributed by atoms with Crippen molar-refractivity contribution in [2.24, 2.45) is 0 Å². The number of benzene rings is 9. The molecule has 0 radical (unpaired) electrons. The average Bonchev–Trinajstić information content (AvgIpc) is 3.85. The maximum absolute atomic E-state index is 5.33. The predicted molar refractivity (Wildman–Crippen MR) is 252 cm³/mol. The van der Waals surface area contributed by atoms with Crippen molar-refractivity contribution in [1.29, 1.82) is 0 Å². The molecule has 0 saturated carbocycles. The number of rotatable bonds is 4. The van der Waals surface area contributed by atoms with E-state index in [1.807, 2.05) is 11.3 Å². The molecule has 0 amide bonds. The largest absolute Gasteiger partial charge is 0.277 e. The van der Waals surface area contributed by atoms with E-state index in [0.29, 0.717) is 17.6 Å². The highest BCUT2D eigenvalue weighted by Crippen LogP contribution is 2.43. The first kappa shape index (κ1) is 35.0. The van der Waals surface area contributed by atoms with Gasteiger partial charge < -0.3 is 0 Å². The van der Waals surface area contributed by atoms with Gasteiger partial charge in [-0.3, -0.25) is 4.57 Å². The van der Waals surface area contributed by atoms with Crippen LogP contribution in [0.25, 0.3) is 114 Å². The van der Waals surface area contributed by atoms with Gasteiger partial charge in [-0.05, 0) is 74.3 Å². The van der Waals surface area contributed by atoms with Gasteiger partial charge in [0, 0.05) is 47.6 Å². The van der Waals surface area contributed by atoms with E-state index in [4.69, 9.17) is 15.0 Å². The molecular formula is C54H38N4S. The van der Waals surface area contributed by atoms with Crippen LogP contribution < -0.4 is 0 Å². The minimum atomic E-state index is 0.582. The van der Waals surface area contributed by atoms with E-state index in [2.05, 4.69) is 200 Å². The molecule has 12 aromatic rings. The van der Waals surface area contributed by atoms with Gasteiger partial charge >= 0.3 is 0 Å². The summed E-state index contributed by atoms with van der Waals surface area (Å²) in [7, 11) is 0. The van der Waals surface area contributed by atoms with E-state index in [1.54, 1.807) is 0 Å². The fraction of sp³-hybridized carbons (Fsp3) is 0.0556. The SMILES string of the molecule is CCC.c1ccc2cc(-c3nc(-c4ccc5ccccc5c4)nc(-n4c5ccccc5c5cccc(-c6ccc7sc8ccc9ccccc9c8c7c6)c54)n3)ccc2c1. The maximum atomic E-state index is 5.33. The Labute approximate surface area is 345 Å². The number of fused-ring (bicyclic) bond motifs is 10. The van der Waals surface area contributed by atoms with Crippen molar-refractivity contribution < 1.29 is 0 Å². The van der Waals surface area contributed by atoms with Gasteiger partial charge in [0.25, 0.3) is 0 Å². The zero-order chi connectivity index (χ0) is 39.5. The lowest BCUT2D eigenvalue weighted by molar-refractivity contribution is 0.954. The minimum absolute atomic E-state index is 0.582. The third-order valence-electron chi connectivity index (χ3n) is 11.2. The fourth-order valence-corrected chi connectivity index (χ4v) is 9.66. The molecular weight excluding hydrogens is 737 g/mol. The molecule has 0 atom stereocenters. The van der Waals surface area contributed by atoms with Crippen LogP contribution in [-0.4, -0.2) is 19.5 Å². The van der Waals surface area contributed by atoms with Crippen molar-refractivity contribution in [3.05, 3.63) is 182 Å². The summed E-state index contributed by atoms with van der Waals surface area (Å²) in [6.45, 7) is 4.25. The third kappa shape index (κ3) is 5.93. The van der Waals surface area contributed by atoms with Crippen molar-refractivity contribution in [1.82, 2.24) is 19.5 Å². The number of hydrogen-bond donors (Lipinski definition) is 0. The lowest BCUT2D eigenvalue weighted by atomic mass is 9.98. The Balaban J connectivity index is 0.00000129. The van der Waals surface area contributed by atoms with Crippen LogP contribution in [0.15, 0.2) is 182 Å². The van der Waals surface area contributed by atoms with E-state index in [-0.39, 0.29) is 0 Å². The summed E-state index contributed by atoms with van der Waals surface area (Å²) in [6.07, 6.45) is 1.25. The minimum Gasteiger partial charge on any atom is -0.277 e. The summed E-state index contributed by atoms with van der Waals surface area (Å²) in [5.41, 5.74) is 6.27. The Hall–Kier alpha value is -7.21. The van der Waals surface area contributed by atoms with Gasteiger partial charge in [-0.15, -0.1) is 11.3 Å². The number of thiophene rings is 1. The molecule has 280 valence electrons. The van der Waals surface area contributed by atoms with Crippen LogP contribution in [0.3, 0.4) is 0 Å². The quantitative estimate of drug-likeness (QED) is 0.179. The molecule has 0 N–H and O–H groups in total. The fourth-order valence-electron chi connectivity index (χ4n) is 8.55. The van der Waals surface area contributed by atoms with Crippen LogP contribution in [0.5, 0.6) is 0 Å². The molecule has 0 aliphatic rings. The van der Waals surface area contributed by atoms with E-state index in [1.165, 1.54) is 48.1 Å². The number of nitrogens with zero attached hydrogens (tertiary/aromatic N) is 4. The molecule has 12 rings (SSSR count). The summed E-state index contributed by atoms with van der Waals surface area (Å²) in [4.78, 5) is 15.9. The molecule has 9 aromatic carbocycles. The summed E-state index contributed by atoms with van der Waals surface area (Å²) in [5.74, 6) is 1.84. The Morgan fingerprint density at radius 1 is 0.424 bits per heavy atom. The molecule has 0 spiro atoms. The van der Waals surface area contributed by atoms with Crippen molar-refractivity contribution in [3.8, 4) is 39.9 Å². The molecule has 0 bridgehead atoms. The lowest BCUT2D eigenvalue weighted by Gasteiger charge is -2.13. The van der Waals surface area contributed by atoms with Gasteiger partial charge in [0.2, 0.25) is 5.95 Å². The standard InChI is InChI=1S/C51H30N4S.C3H8/c1-3-13-34-28-37(22-20-31(34)10-1)49-52-50(38-23-21-32-11-2-4-14-35(32)29-38)54-51(53-49)55-44-19-8-7-16-41(44)42-18-9-17-40(48(42)55)36-25-26-45-43(30-36)47-39-15-6-5-12-33(39)24-27-46(47)56-45;1-3-2/h1-30H;3H2,1-2H3. The van der Waals surface area contributed by atoms with Gasteiger partial charge in [-0.2, -0.15) is 9.97 Å². The Morgan fingerprint density at radius 3 is 1.66 bits per heavy atom. The predicted octanol–water partition coefficient (Wildman–Crippen LogP) is 15.2. The molecule has 0 unspecified atom stereocenters. The number of aromatic nitrogens is 4. The van der Waals surface area contributed by atoms with Gasteiger partial charge in [0.15, 0.2) is 11.6 Å². The highest BCUT2D eigenvalue weighted by atomic mass is 32.1. The summed E-state index contributed by atoms with van der Waals surface area (Å²) < 4.78 is 4.84. The molecule has 0 aliphatic heterocycles. The molecule has 4 nitrogen and oxygen atoms in total. The second-order valence-electron chi connectivity index (χ2n) is 15.1. The third-order valence-corrected chi connectivity index (χ3v) is 12.3. The molecule has 59 heavy (non-hydrogen) atoms. The van der Waals surface area contributed by atoms with Gasteiger partial charge in [-0.1, -0.05) is 166 Å². The van der Waals surface area contributed by atoms with Gasteiger partial charge in [0.05, 0.1) is 11.0 Å². The van der Waals surface area contributed by atoms with Crippen molar-refractivity contribution in [3.63, 3.8) is 0 Å². The smallest absolute Gasteiger partial charge is 0.238 e. The van der Waals surface area contributed by atoms with Crippen molar-refractivity contribution >= 4 is 85.6 Å². The monoisotopic (exact) mass is 774 g/mol. The second kappa shape index (κ2) is 14.3. The van der Waals surface area contributed by atoms with E-state index in [9.17, 15) is 0 Å². The normalized spacial score (nSPS) is 11.6. The van der Waals surface area contributed by atoms with Crippen LogP contribution in [0.1, 0.15) is 20.3 Å². The molecule has 0 fully saturated rings. The highest BCUT2D eigenvalue weighted by molar-refractivity contribution is 7.26. The first-order valence-corrected chi connectivity index (χ1v) is 21.1. The highest BCUT2D eigenvalue weighted by Gasteiger charge is 2.21. The molecule has 0 saturated heterocycles. The van der Waals surface area contributed by atoms with Gasteiger partial charge in [-0.25, -0.2) is 4.98 Å². The van der Waals surface area contributed by atoms with Crippen LogP contribution in [0.2, 0.25) is 0 Å². The molecule has 3 heterocycles. The van der Waals surface area contributed by atoms with Crippen molar-refractivity contribution in [2.45, 2.75) is 20.3 Å². The maximum Gasteiger partial charge on any atom is 0.238 e. The topological polar surface area (TPSA) is 43.6 Å². The van der Waals surface area contributed by atoms with Crippen LogP contribution >= 0.6 is 11.3 Å². The summed E-state index contributed by atoms with van der Waals surface area (Å²) in [6, 6.07) is 65.1. The van der Waals surface area contributed by atoms with Crippen LogP contribution in [0, 0.1) is 0 Å². The van der Waals surface area contributed by atoms with Crippen molar-refractivity contribution in [2.75, 3.05) is 0 Å². The van der Waals surface area contributed by atoms with E-state index in [0.717, 1.165) is 54.8 Å².